The third-order valence-electron chi connectivity index (χ3n) is 3.90. The first-order valence-electron chi connectivity index (χ1n) is 8.90. The number of pyridine rings is 1. The molecule has 154 valence electrons. The second-order valence-corrected chi connectivity index (χ2v) is 6.29. The molecule has 1 atom stereocenters. The van der Waals surface area contributed by atoms with Gasteiger partial charge in [-0.25, -0.2) is 4.98 Å². The zero-order valence-corrected chi connectivity index (χ0v) is 19.4. The Bertz CT molecular complexity index is 755. The topological polar surface area (TPSA) is 71.0 Å². The molecule has 8 heteroatoms. The Balaban J connectivity index is 0.00000392. The van der Waals surface area contributed by atoms with Crippen molar-refractivity contribution >= 4 is 35.8 Å². The summed E-state index contributed by atoms with van der Waals surface area (Å²) < 4.78 is 11.1. The molecule has 2 aromatic rings. The summed E-state index contributed by atoms with van der Waals surface area (Å²) in [5.41, 5.74) is 1.10. The predicted octanol–water partition coefficient (Wildman–Crippen LogP) is 2.91. The van der Waals surface area contributed by atoms with E-state index in [0.29, 0.717) is 19.0 Å². The van der Waals surface area contributed by atoms with Crippen LogP contribution >= 0.6 is 24.0 Å². The second kappa shape index (κ2) is 12.3. The van der Waals surface area contributed by atoms with Gasteiger partial charge >= 0.3 is 0 Å². The maximum absolute atomic E-state index is 5.92. The number of methoxy groups -OCH3 is 1. The van der Waals surface area contributed by atoms with Gasteiger partial charge in [0.05, 0.1) is 13.7 Å². The number of hydrogen-bond donors (Lipinski definition) is 2. The highest BCUT2D eigenvalue weighted by Crippen LogP contribution is 2.19. The number of anilines is 1. The SMILES string of the molecule is CN=C(NCc1cccnc1N(C)C)NCC(C)Oc1cccc(OC)c1.I. The molecule has 1 heterocycles. The fourth-order valence-electron chi connectivity index (χ4n) is 2.56. The van der Waals surface area contributed by atoms with E-state index in [9.17, 15) is 0 Å². The van der Waals surface area contributed by atoms with Crippen molar-refractivity contribution in [2.24, 2.45) is 4.99 Å². The van der Waals surface area contributed by atoms with Crippen LogP contribution in [0, 0.1) is 0 Å². The molecule has 0 bridgehead atoms. The number of hydrogen-bond acceptors (Lipinski definition) is 5. The van der Waals surface area contributed by atoms with Crippen LogP contribution in [0.5, 0.6) is 11.5 Å². The molecule has 0 fully saturated rings. The summed E-state index contributed by atoms with van der Waals surface area (Å²) >= 11 is 0. The minimum absolute atomic E-state index is 0. The fraction of sp³-hybridized carbons (Fsp3) is 0.400. The van der Waals surface area contributed by atoms with Crippen molar-refractivity contribution in [1.29, 1.82) is 0 Å². The van der Waals surface area contributed by atoms with E-state index in [1.807, 2.05) is 56.3 Å². The predicted molar refractivity (Wildman–Crippen MR) is 125 cm³/mol. The first-order chi connectivity index (χ1) is 13.0. The number of aliphatic imine (C=N–C) groups is 1. The van der Waals surface area contributed by atoms with Crippen molar-refractivity contribution in [1.82, 2.24) is 15.6 Å². The third-order valence-corrected chi connectivity index (χ3v) is 3.90. The smallest absolute Gasteiger partial charge is 0.191 e. The number of ether oxygens (including phenoxy) is 2. The Morgan fingerprint density at radius 2 is 1.93 bits per heavy atom. The number of guanidine groups is 1. The van der Waals surface area contributed by atoms with Gasteiger partial charge in [0.25, 0.3) is 0 Å². The summed E-state index contributed by atoms with van der Waals surface area (Å²) in [7, 11) is 7.36. The third kappa shape index (κ3) is 7.41. The first kappa shape index (κ1) is 23.8. The molecule has 0 amide bonds. The van der Waals surface area contributed by atoms with Gasteiger partial charge in [-0.15, -0.1) is 24.0 Å². The number of nitrogens with one attached hydrogen (secondary N) is 2. The maximum Gasteiger partial charge on any atom is 0.191 e. The van der Waals surface area contributed by atoms with Gasteiger partial charge < -0.3 is 25.0 Å². The average Bonchev–Trinajstić information content (AvgIpc) is 2.68. The number of benzene rings is 1. The molecule has 2 rings (SSSR count). The van der Waals surface area contributed by atoms with Crippen LogP contribution in [0.1, 0.15) is 12.5 Å². The van der Waals surface area contributed by atoms with Gasteiger partial charge in [0.1, 0.15) is 23.4 Å². The van der Waals surface area contributed by atoms with E-state index in [0.717, 1.165) is 22.9 Å². The summed E-state index contributed by atoms with van der Waals surface area (Å²) in [5, 5.41) is 6.60. The van der Waals surface area contributed by atoms with E-state index in [2.05, 4.69) is 26.7 Å². The summed E-state index contributed by atoms with van der Waals surface area (Å²) in [6.45, 7) is 3.25. The van der Waals surface area contributed by atoms with Crippen LogP contribution in [-0.4, -0.2) is 51.8 Å². The Kier molecular flexibility index (Phi) is 10.4. The molecule has 1 unspecified atom stereocenters. The molecule has 7 nitrogen and oxygen atoms in total. The van der Waals surface area contributed by atoms with E-state index >= 15 is 0 Å². The monoisotopic (exact) mass is 499 g/mol. The number of nitrogens with zero attached hydrogens (tertiary/aromatic N) is 3. The minimum atomic E-state index is -0.0358. The standard InChI is InChI=1S/C20H29N5O2.HI/c1-15(27-18-10-6-9-17(12-18)26-5)13-23-20(21-2)24-14-16-8-7-11-22-19(16)25(3)4;/h6-12,15H,13-14H2,1-5H3,(H2,21,23,24);1H. The van der Waals surface area contributed by atoms with Gasteiger partial charge in [-0.1, -0.05) is 12.1 Å². The van der Waals surface area contributed by atoms with Crippen molar-refractivity contribution in [2.75, 3.05) is 39.7 Å². The molecule has 0 radical (unpaired) electrons. The zero-order chi connectivity index (χ0) is 19.6. The summed E-state index contributed by atoms with van der Waals surface area (Å²) in [5.74, 6) is 3.20. The lowest BCUT2D eigenvalue weighted by atomic mass is 10.2. The molecule has 28 heavy (non-hydrogen) atoms. The molecule has 1 aromatic heterocycles. The Hall–Kier alpha value is -2.23. The van der Waals surface area contributed by atoms with Gasteiger partial charge in [0.2, 0.25) is 0 Å². The van der Waals surface area contributed by atoms with Gasteiger partial charge in [-0.05, 0) is 25.1 Å². The highest BCUT2D eigenvalue weighted by Gasteiger charge is 2.09. The molecular weight excluding hydrogens is 469 g/mol. The number of halogens is 1. The lowest BCUT2D eigenvalue weighted by Gasteiger charge is -2.19. The van der Waals surface area contributed by atoms with E-state index in [4.69, 9.17) is 9.47 Å². The van der Waals surface area contributed by atoms with Crippen LogP contribution in [0.15, 0.2) is 47.6 Å². The molecule has 0 saturated carbocycles. The number of aromatic nitrogens is 1. The summed E-state index contributed by atoms with van der Waals surface area (Å²) in [6.07, 6.45) is 1.76. The van der Waals surface area contributed by atoms with Gasteiger partial charge in [-0.3, -0.25) is 4.99 Å². The molecule has 0 saturated heterocycles. The van der Waals surface area contributed by atoms with Gasteiger partial charge in [0.15, 0.2) is 5.96 Å². The second-order valence-electron chi connectivity index (χ2n) is 6.29. The molecule has 0 aliphatic rings. The van der Waals surface area contributed by atoms with E-state index in [1.165, 1.54) is 0 Å². The van der Waals surface area contributed by atoms with E-state index in [-0.39, 0.29) is 30.1 Å². The summed E-state index contributed by atoms with van der Waals surface area (Å²) in [4.78, 5) is 10.7. The fourth-order valence-corrected chi connectivity index (χ4v) is 2.56. The molecule has 0 spiro atoms. The van der Waals surface area contributed by atoms with Crippen LogP contribution in [0.2, 0.25) is 0 Å². The van der Waals surface area contributed by atoms with Crippen molar-refractivity contribution in [3.63, 3.8) is 0 Å². The van der Waals surface area contributed by atoms with Gasteiger partial charge in [-0.2, -0.15) is 0 Å². The molecule has 0 aliphatic heterocycles. The lowest BCUT2D eigenvalue weighted by molar-refractivity contribution is 0.223. The summed E-state index contributed by atoms with van der Waals surface area (Å²) in [6, 6.07) is 11.6. The number of rotatable bonds is 8. The van der Waals surface area contributed by atoms with Crippen LogP contribution in [0.3, 0.4) is 0 Å². The zero-order valence-electron chi connectivity index (χ0n) is 17.1. The highest BCUT2D eigenvalue weighted by molar-refractivity contribution is 14.0. The maximum atomic E-state index is 5.92. The molecular formula is C20H30IN5O2. The lowest BCUT2D eigenvalue weighted by Crippen LogP contribution is -2.41. The van der Waals surface area contributed by atoms with Crippen molar-refractivity contribution in [3.8, 4) is 11.5 Å². The van der Waals surface area contributed by atoms with Crippen molar-refractivity contribution < 1.29 is 9.47 Å². The normalized spacial score (nSPS) is 11.8. The largest absolute Gasteiger partial charge is 0.497 e. The Morgan fingerprint density at radius 3 is 2.61 bits per heavy atom. The van der Waals surface area contributed by atoms with Gasteiger partial charge in [0, 0.05) is 45.5 Å². The molecule has 2 N–H and O–H groups in total. The Labute approximate surface area is 184 Å². The molecule has 0 aliphatic carbocycles. The van der Waals surface area contributed by atoms with Crippen LogP contribution < -0.4 is 25.0 Å². The van der Waals surface area contributed by atoms with E-state index < -0.39 is 0 Å². The van der Waals surface area contributed by atoms with Crippen molar-refractivity contribution in [3.05, 3.63) is 48.2 Å². The van der Waals surface area contributed by atoms with Crippen LogP contribution in [0.4, 0.5) is 5.82 Å². The Morgan fingerprint density at radius 1 is 1.18 bits per heavy atom. The first-order valence-corrected chi connectivity index (χ1v) is 8.90. The van der Waals surface area contributed by atoms with Crippen LogP contribution in [0.25, 0.3) is 0 Å². The minimum Gasteiger partial charge on any atom is -0.497 e. The average molecular weight is 499 g/mol. The highest BCUT2D eigenvalue weighted by atomic mass is 127. The van der Waals surface area contributed by atoms with Crippen molar-refractivity contribution in [2.45, 2.75) is 19.6 Å². The quantitative estimate of drug-likeness (QED) is 0.331. The van der Waals surface area contributed by atoms with Crippen LogP contribution in [-0.2, 0) is 6.54 Å². The van der Waals surface area contributed by atoms with E-state index in [1.54, 1.807) is 20.4 Å². The molecule has 1 aromatic carbocycles.